The van der Waals surface area contributed by atoms with E-state index in [1.165, 1.54) is 17.8 Å². The maximum Gasteiger partial charge on any atom is 0.108 e. The fraction of sp³-hybridized carbons (Fsp3) is 0.533. The van der Waals surface area contributed by atoms with Crippen LogP contribution in [0.2, 0.25) is 0 Å². The molecule has 0 spiro atoms. The summed E-state index contributed by atoms with van der Waals surface area (Å²) in [6, 6.07) is 2.20. The molecular weight excluding hydrogens is 236 g/mol. The van der Waals surface area contributed by atoms with E-state index >= 15 is 0 Å². The molecule has 2 aromatic rings. The van der Waals surface area contributed by atoms with Crippen molar-refractivity contribution in [2.24, 2.45) is 13.0 Å². The number of hydrogen-bond donors (Lipinski definition) is 0. The molecule has 0 fully saturated rings. The van der Waals surface area contributed by atoms with E-state index in [2.05, 4.69) is 57.8 Å². The van der Waals surface area contributed by atoms with Gasteiger partial charge in [-0.3, -0.25) is 0 Å². The van der Waals surface area contributed by atoms with Gasteiger partial charge in [-0.15, -0.1) is 0 Å². The second-order valence-corrected chi connectivity index (χ2v) is 5.78. The first-order valence-corrected chi connectivity index (χ1v) is 7.00. The lowest BCUT2D eigenvalue weighted by Gasteiger charge is -2.28. The van der Waals surface area contributed by atoms with Crippen molar-refractivity contribution in [1.29, 1.82) is 0 Å². The molecule has 3 rings (SSSR count). The molecule has 1 atom stereocenters. The Kier molecular flexibility index (Phi) is 3.42. The Balaban J connectivity index is 1.54. The van der Waals surface area contributed by atoms with Crippen molar-refractivity contribution in [3.63, 3.8) is 0 Å². The zero-order valence-corrected chi connectivity index (χ0v) is 11.8. The van der Waals surface area contributed by atoms with E-state index in [0.29, 0.717) is 0 Å². The lowest BCUT2D eigenvalue weighted by molar-refractivity contribution is 0.229. The van der Waals surface area contributed by atoms with Gasteiger partial charge in [0.1, 0.15) is 5.82 Å². The number of aromatic nitrogens is 3. The average Bonchev–Trinajstić information content (AvgIpc) is 2.97. The van der Waals surface area contributed by atoms with Gasteiger partial charge in [-0.2, -0.15) is 0 Å². The average molecular weight is 258 g/mol. The van der Waals surface area contributed by atoms with Crippen LogP contribution in [0.5, 0.6) is 0 Å². The van der Waals surface area contributed by atoms with Crippen molar-refractivity contribution in [1.82, 2.24) is 19.0 Å². The van der Waals surface area contributed by atoms with E-state index in [4.69, 9.17) is 0 Å². The third kappa shape index (κ3) is 2.89. The fourth-order valence-corrected chi connectivity index (χ4v) is 3.06. The first-order valence-electron chi connectivity index (χ1n) is 7.00. The van der Waals surface area contributed by atoms with Gasteiger partial charge in [-0.25, -0.2) is 4.98 Å². The molecule has 4 nitrogen and oxygen atoms in total. The highest BCUT2D eigenvalue weighted by Crippen LogP contribution is 2.20. The predicted molar refractivity (Wildman–Crippen MR) is 75.8 cm³/mol. The van der Waals surface area contributed by atoms with E-state index in [0.717, 1.165) is 32.0 Å². The van der Waals surface area contributed by atoms with Gasteiger partial charge in [0.2, 0.25) is 0 Å². The molecule has 1 aliphatic heterocycles. The van der Waals surface area contributed by atoms with Gasteiger partial charge in [0, 0.05) is 57.9 Å². The summed E-state index contributed by atoms with van der Waals surface area (Å²) in [7, 11) is 4.29. The Bertz CT molecular complexity index is 540. The lowest BCUT2D eigenvalue weighted by atomic mass is 9.99. The first kappa shape index (κ1) is 12.5. The van der Waals surface area contributed by atoms with E-state index in [9.17, 15) is 0 Å². The summed E-state index contributed by atoms with van der Waals surface area (Å²) in [4.78, 5) is 6.82. The van der Waals surface area contributed by atoms with E-state index < -0.39 is 0 Å². The highest BCUT2D eigenvalue weighted by molar-refractivity contribution is 5.09. The van der Waals surface area contributed by atoms with Gasteiger partial charge in [-0.1, -0.05) is 0 Å². The number of hydrogen-bond acceptors (Lipinski definition) is 2. The normalized spacial score (nSPS) is 18.8. The standard InChI is InChI=1S/C15H22N4/c1-17-7-5-14(9-17)11-18(2)10-13-3-4-15-16-6-8-19(15)12-13/h5-9,13H,3-4,10-12H2,1-2H3/t13-/m1/s1. The van der Waals surface area contributed by atoms with Crippen LogP contribution in [0.4, 0.5) is 0 Å². The molecule has 0 aromatic carbocycles. The molecular formula is C15H22N4. The maximum absolute atomic E-state index is 4.39. The number of imidazole rings is 1. The molecule has 0 aliphatic carbocycles. The number of fused-ring (bicyclic) bond motifs is 1. The summed E-state index contributed by atoms with van der Waals surface area (Å²) in [6.07, 6.45) is 10.7. The molecule has 4 heteroatoms. The largest absolute Gasteiger partial charge is 0.357 e. The number of nitrogens with zero attached hydrogens (tertiary/aromatic N) is 4. The first-order chi connectivity index (χ1) is 9.20. The molecule has 0 bridgehead atoms. The zero-order valence-electron chi connectivity index (χ0n) is 11.8. The van der Waals surface area contributed by atoms with Gasteiger partial charge in [0.25, 0.3) is 0 Å². The van der Waals surface area contributed by atoms with Crippen LogP contribution in [0, 0.1) is 5.92 Å². The van der Waals surface area contributed by atoms with E-state index in [1.807, 2.05) is 6.20 Å². The van der Waals surface area contributed by atoms with Crippen molar-refractivity contribution in [2.45, 2.75) is 25.9 Å². The molecule has 19 heavy (non-hydrogen) atoms. The van der Waals surface area contributed by atoms with Crippen molar-refractivity contribution >= 4 is 0 Å². The second kappa shape index (κ2) is 5.21. The Morgan fingerprint density at radius 2 is 2.32 bits per heavy atom. The molecule has 0 N–H and O–H groups in total. The van der Waals surface area contributed by atoms with Crippen molar-refractivity contribution < 1.29 is 0 Å². The van der Waals surface area contributed by atoms with Gasteiger partial charge in [0.15, 0.2) is 0 Å². The molecule has 0 saturated heterocycles. The number of aryl methyl sites for hydroxylation is 2. The summed E-state index contributed by atoms with van der Waals surface area (Å²) in [5.74, 6) is 2.00. The summed E-state index contributed by atoms with van der Waals surface area (Å²) in [5, 5.41) is 0. The van der Waals surface area contributed by atoms with Crippen LogP contribution >= 0.6 is 0 Å². The van der Waals surface area contributed by atoms with Crippen LogP contribution < -0.4 is 0 Å². The number of rotatable bonds is 4. The van der Waals surface area contributed by atoms with Gasteiger partial charge in [0.05, 0.1) is 0 Å². The third-order valence-corrected chi connectivity index (χ3v) is 3.95. The van der Waals surface area contributed by atoms with Crippen molar-refractivity contribution in [2.75, 3.05) is 13.6 Å². The predicted octanol–water partition coefficient (Wildman–Crippen LogP) is 1.92. The van der Waals surface area contributed by atoms with Crippen LogP contribution in [-0.4, -0.2) is 32.6 Å². The van der Waals surface area contributed by atoms with Crippen LogP contribution in [0.15, 0.2) is 30.9 Å². The molecule has 3 heterocycles. The van der Waals surface area contributed by atoms with E-state index in [1.54, 1.807) is 0 Å². The Hall–Kier alpha value is -1.55. The van der Waals surface area contributed by atoms with Crippen LogP contribution in [0.1, 0.15) is 17.8 Å². The molecule has 0 unspecified atom stereocenters. The Labute approximate surface area is 114 Å². The monoisotopic (exact) mass is 258 g/mol. The maximum atomic E-state index is 4.39. The molecule has 0 saturated carbocycles. The third-order valence-electron chi connectivity index (χ3n) is 3.95. The second-order valence-electron chi connectivity index (χ2n) is 5.78. The topological polar surface area (TPSA) is 26.0 Å². The summed E-state index contributed by atoms with van der Waals surface area (Å²) in [5.41, 5.74) is 1.39. The Morgan fingerprint density at radius 3 is 3.11 bits per heavy atom. The van der Waals surface area contributed by atoms with Crippen LogP contribution in [0.25, 0.3) is 0 Å². The van der Waals surface area contributed by atoms with Gasteiger partial charge >= 0.3 is 0 Å². The highest BCUT2D eigenvalue weighted by atomic mass is 15.1. The molecule has 1 aliphatic rings. The van der Waals surface area contributed by atoms with Crippen LogP contribution in [0.3, 0.4) is 0 Å². The SMILES string of the molecule is CN(Cc1ccn(C)c1)C[C@H]1CCc2nccn2C1. The minimum atomic E-state index is 0.746. The lowest BCUT2D eigenvalue weighted by Crippen LogP contribution is -2.31. The van der Waals surface area contributed by atoms with E-state index in [-0.39, 0.29) is 0 Å². The summed E-state index contributed by atoms with van der Waals surface area (Å²) >= 11 is 0. The molecule has 102 valence electrons. The molecule has 2 aromatic heterocycles. The van der Waals surface area contributed by atoms with Gasteiger partial charge < -0.3 is 14.0 Å². The fourth-order valence-electron chi connectivity index (χ4n) is 3.06. The van der Waals surface area contributed by atoms with Crippen molar-refractivity contribution in [3.8, 4) is 0 Å². The molecule has 0 amide bonds. The quantitative estimate of drug-likeness (QED) is 0.837. The highest BCUT2D eigenvalue weighted by Gasteiger charge is 2.20. The summed E-state index contributed by atoms with van der Waals surface area (Å²) < 4.78 is 4.42. The minimum Gasteiger partial charge on any atom is -0.357 e. The summed E-state index contributed by atoms with van der Waals surface area (Å²) in [6.45, 7) is 3.31. The minimum absolute atomic E-state index is 0.746. The van der Waals surface area contributed by atoms with Crippen molar-refractivity contribution in [3.05, 3.63) is 42.2 Å². The Morgan fingerprint density at radius 1 is 1.42 bits per heavy atom. The van der Waals surface area contributed by atoms with Crippen LogP contribution in [-0.2, 0) is 26.6 Å². The smallest absolute Gasteiger partial charge is 0.108 e. The molecule has 0 radical (unpaired) electrons. The van der Waals surface area contributed by atoms with Gasteiger partial charge in [-0.05, 0) is 31.0 Å². The zero-order chi connectivity index (χ0) is 13.2.